The Labute approximate surface area is 188 Å². The van der Waals surface area contributed by atoms with Gasteiger partial charge in [-0.3, -0.25) is 19.7 Å². The number of rotatable bonds is 7. The second kappa shape index (κ2) is 9.34. The SMILES string of the molecule is CC(C)CNC(=O)[C@@]1(Cc2ccccc2-c2ccncc2)CCN(C(=O)c2ccn[nH]2)C1. The van der Waals surface area contributed by atoms with Crippen LogP contribution in [0.25, 0.3) is 11.1 Å². The smallest absolute Gasteiger partial charge is 0.271 e. The standard InChI is InChI=1S/C25H29N5O2/c1-18(2)16-27-24(32)25(10-14-30(17-25)23(31)22-9-13-28-29-22)15-20-5-3-4-6-21(20)19-7-11-26-12-8-19/h3-9,11-13,18H,10,14-17H2,1-2H3,(H,27,32)(H,28,29)/t25-/m1/s1. The third-order valence-corrected chi connectivity index (χ3v) is 6.06. The van der Waals surface area contributed by atoms with Gasteiger partial charge in [0.05, 0.1) is 5.41 Å². The van der Waals surface area contributed by atoms with Gasteiger partial charge < -0.3 is 10.2 Å². The van der Waals surface area contributed by atoms with Crippen LogP contribution in [0.1, 0.15) is 36.3 Å². The molecule has 2 amide bonds. The lowest BCUT2D eigenvalue weighted by Crippen LogP contribution is -2.46. The number of nitrogens with one attached hydrogen (secondary N) is 2. The first-order valence-electron chi connectivity index (χ1n) is 11.0. The number of pyridine rings is 1. The molecule has 0 spiro atoms. The summed E-state index contributed by atoms with van der Waals surface area (Å²) >= 11 is 0. The molecule has 0 aliphatic carbocycles. The van der Waals surface area contributed by atoms with Crippen LogP contribution in [0, 0.1) is 11.3 Å². The van der Waals surface area contributed by atoms with Gasteiger partial charge in [0.25, 0.3) is 5.91 Å². The van der Waals surface area contributed by atoms with E-state index >= 15 is 0 Å². The minimum absolute atomic E-state index is 0.00985. The van der Waals surface area contributed by atoms with Gasteiger partial charge in [0, 0.05) is 38.2 Å². The topological polar surface area (TPSA) is 91.0 Å². The van der Waals surface area contributed by atoms with Crippen LogP contribution in [0.3, 0.4) is 0 Å². The minimum atomic E-state index is -0.687. The maximum absolute atomic E-state index is 13.5. The lowest BCUT2D eigenvalue weighted by molar-refractivity contribution is -0.130. The number of carbonyl (C=O) groups is 2. The van der Waals surface area contributed by atoms with Crippen LogP contribution in [0.15, 0.2) is 61.1 Å². The molecule has 1 aliphatic rings. The molecule has 3 heterocycles. The molecule has 3 aromatic rings. The molecule has 1 fully saturated rings. The highest BCUT2D eigenvalue weighted by Crippen LogP contribution is 2.38. The first-order chi connectivity index (χ1) is 15.5. The molecule has 0 saturated carbocycles. The molecular weight excluding hydrogens is 402 g/mol. The van der Waals surface area contributed by atoms with Crippen molar-refractivity contribution in [1.29, 1.82) is 0 Å². The summed E-state index contributed by atoms with van der Waals surface area (Å²) in [6, 6.07) is 13.8. The van der Waals surface area contributed by atoms with Crippen molar-refractivity contribution in [3.05, 3.63) is 72.3 Å². The Kier molecular flexibility index (Phi) is 6.35. The van der Waals surface area contributed by atoms with Crippen LogP contribution < -0.4 is 5.32 Å². The molecule has 7 heteroatoms. The van der Waals surface area contributed by atoms with Crippen LogP contribution in [-0.2, 0) is 11.2 Å². The number of carbonyl (C=O) groups excluding carboxylic acids is 2. The van der Waals surface area contributed by atoms with Crippen molar-refractivity contribution < 1.29 is 9.59 Å². The number of aromatic amines is 1. The maximum Gasteiger partial charge on any atom is 0.271 e. The van der Waals surface area contributed by atoms with Gasteiger partial charge in [0.1, 0.15) is 5.69 Å². The van der Waals surface area contributed by atoms with Gasteiger partial charge in [0.2, 0.25) is 5.91 Å². The second-order valence-corrected chi connectivity index (χ2v) is 8.90. The fourth-order valence-electron chi connectivity index (χ4n) is 4.34. The number of benzene rings is 1. The lowest BCUT2D eigenvalue weighted by atomic mass is 9.78. The Morgan fingerprint density at radius 1 is 1.12 bits per heavy atom. The Hall–Kier alpha value is -3.48. The van der Waals surface area contributed by atoms with Gasteiger partial charge >= 0.3 is 0 Å². The molecular formula is C25H29N5O2. The highest BCUT2D eigenvalue weighted by molar-refractivity contribution is 5.93. The molecule has 2 N–H and O–H groups in total. The minimum Gasteiger partial charge on any atom is -0.355 e. The number of nitrogens with zero attached hydrogens (tertiary/aromatic N) is 3. The Morgan fingerprint density at radius 2 is 1.91 bits per heavy atom. The van der Waals surface area contributed by atoms with E-state index in [0.29, 0.717) is 44.1 Å². The number of likely N-dealkylation sites (tertiary alicyclic amines) is 1. The Balaban J connectivity index is 1.64. The van der Waals surface area contributed by atoms with Crippen molar-refractivity contribution in [2.45, 2.75) is 26.7 Å². The monoisotopic (exact) mass is 431 g/mol. The Morgan fingerprint density at radius 3 is 2.62 bits per heavy atom. The van der Waals surface area contributed by atoms with Crippen LogP contribution in [0.5, 0.6) is 0 Å². The number of hydrogen-bond donors (Lipinski definition) is 2. The lowest BCUT2D eigenvalue weighted by Gasteiger charge is -2.29. The summed E-state index contributed by atoms with van der Waals surface area (Å²) < 4.78 is 0. The molecule has 0 unspecified atom stereocenters. The third-order valence-electron chi connectivity index (χ3n) is 6.06. The van der Waals surface area contributed by atoms with Crippen molar-refractivity contribution >= 4 is 11.8 Å². The normalized spacial score (nSPS) is 18.2. The van der Waals surface area contributed by atoms with E-state index in [1.54, 1.807) is 29.6 Å². The van der Waals surface area contributed by atoms with Crippen LogP contribution in [0.2, 0.25) is 0 Å². The predicted molar refractivity (Wildman–Crippen MR) is 123 cm³/mol. The van der Waals surface area contributed by atoms with Gasteiger partial charge in [-0.05, 0) is 53.6 Å². The quantitative estimate of drug-likeness (QED) is 0.600. The molecule has 166 valence electrons. The van der Waals surface area contributed by atoms with Crippen molar-refractivity contribution in [3.63, 3.8) is 0 Å². The van der Waals surface area contributed by atoms with E-state index in [1.807, 2.05) is 24.3 Å². The molecule has 0 bridgehead atoms. The fraction of sp³-hybridized carbons (Fsp3) is 0.360. The molecule has 1 aliphatic heterocycles. The van der Waals surface area contributed by atoms with Crippen LogP contribution in [0.4, 0.5) is 0 Å². The fourth-order valence-corrected chi connectivity index (χ4v) is 4.34. The summed E-state index contributed by atoms with van der Waals surface area (Å²) in [5, 5.41) is 9.77. The van der Waals surface area contributed by atoms with Crippen molar-refractivity contribution in [3.8, 4) is 11.1 Å². The number of aromatic nitrogens is 3. The van der Waals surface area contributed by atoms with Gasteiger partial charge in [-0.15, -0.1) is 0 Å². The van der Waals surface area contributed by atoms with E-state index in [2.05, 4.69) is 46.5 Å². The van der Waals surface area contributed by atoms with Gasteiger partial charge in [-0.25, -0.2) is 0 Å². The number of hydrogen-bond acceptors (Lipinski definition) is 4. The second-order valence-electron chi connectivity index (χ2n) is 8.90. The van der Waals surface area contributed by atoms with E-state index < -0.39 is 5.41 Å². The molecule has 4 rings (SSSR count). The van der Waals surface area contributed by atoms with Crippen molar-refractivity contribution in [2.75, 3.05) is 19.6 Å². The van der Waals surface area contributed by atoms with E-state index in [1.165, 1.54) is 0 Å². The van der Waals surface area contributed by atoms with Gasteiger partial charge in [0.15, 0.2) is 0 Å². The summed E-state index contributed by atoms with van der Waals surface area (Å²) in [5.74, 6) is 0.239. The molecule has 32 heavy (non-hydrogen) atoms. The maximum atomic E-state index is 13.5. The first kappa shape index (κ1) is 21.7. The Bertz CT molecular complexity index is 1060. The van der Waals surface area contributed by atoms with E-state index in [0.717, 1.165) is 16.7 Å². The highest BCUT2D eigenvalue weighted by atomic mass is 16.2. The summed E-state index contributed by atoms with van der Waals surface area (Å²) in [6.45, 7) is 5.67. The summed E-state index contributed by atoms with van der Waals surface area (Å²) in [4.78, 5) is 32.3. The van der Waals surface area contributed by atoms with Crippen LogP contribution in [-0.4, -0.2) is 51.5 Å². The van der Waals surface area contributed by atoms with Crippen LogP contribution >= 0.6 is 0 Å². The summed E-state index contributed by atoms with van der Waals surface area (Å²) in [5.41, 5.74) is 3.00. The van der Waals surface area contributed by atoms with E-state index in [9.17, 15) is 9.59 Å². The largest absolute Gasteiger partial charge is 0.355 e. The number of H-pyrrole nitrogens is 1. The molecule has 1 saturated heterocycles. The highest BCUT2D eigenvalue weighted by Gasteiger charge is 2.46. The molecule has 0 radical (unpaired) electrons. The molecule has 1 atom stereocenters. The zero-order valence-electron chi connectivity index (χ0n) is 18.5. The van der Waals surface area contributed by atoms with E-state index in [-0.39, 0.29) is 11.8 Å². The average Bonchev–Trinajstić information content (AvgIpc) is 3.49. The summed E-state index contributed by atoms with van der Waals surface area (Å²) in [6.07, 6.45) is 6.29. The third kappa shape index (κ3) is 4.56. The average molecular weight is 432 g/mol. The first-order valence-corrected chi connectivity index (χ1v) is 11.0. The summed E-state index contributed by atoms with van der Waals surface area (Å²) in [7, 11) is 0. The predicted octanol–water partition coefficient (Wildman–Crippen LogP) is 3.32. The van der Waals surface area contributed by atoms with Crippen molar-refractivity contribution in [1.82, 2.24) is 25.4 Å². The molecule has 2 aromatic heterocycles. The zero-order valence-corrected chi connectivity index (χ0v) is 18.5. The zero-order chi connectivity index (χ0) is 22.6. The molecule has 1 aromatic carbocycles. The van der Waals surface area contributed by atoms with E-state index in [4.69, 9.17) is 0 Å². The van der Waals surface area contributed by atoms with Gasteiger partial charge in [-0.1, -0.05) is 38.1 Å². The number of amides is 2. The molecule has 7 nitrogen and oxygen atoms in total. The van der Waals surface area contributed by atoms with Gasteiger partial charge in [-0.2, -0.15) is 5.10 Å². The van der Waals surface area contributed by atoms with Crippen molar-refractivity contribution in [2.24, 2.45) is 11.3 Å².